The first-order chi connectivity index (χ1) is 12.8. The van der Waals surface area contributed by atoms with Crippen molar-refractivity contribution in [3.05, 3.63) is 0 Å². The van der Waals surface area contributed by atoms with Crippen LogP contribution in [0.3, 0.4) is 0 Å². The van der Waals surface area contributed by atoms with Crippen molar-refractivity contribution in [2.24, 2.45) is 10.9 Å². The summed E-state index contributed by atoms with van der Waals surface area (Å²) in [7, 11) is 4.18. The topological polar surface area (TPSA) is 40.1 Å². The quantitative estimate of drug-likeness (QED) is 0.557. The second-order valence-corrected chi connectivity index (χ2v) is 8.56. The van der Waals surface area contributed by atoms with E-state index in [1.165, 1.54) is 51.4 Å². The Morgan fingerprint density at radius 3 is 2.35 bits per heavy atom. The smallest absolute Gasteiger partial charge is 0.193 e. The molecule has 0 spiro atoms. The third-order valence-electron chi connectivity index (χ3n) is 6.69. The molecule has 0 aromatic carbocycles. The van der Waals surface area contributed by atoms with Gasteiger partial charge >= 0.3 is 0 Å². The molecule has 1 N–H and O–H groups in total. The van der Waals surface area contributed by atoms with E-state index in [9.17, 15) is 0 Å². The van der Waals surface area contributed by atoms with Gasteiger partial charge in [0.25, 0.3) is 0 Å². The largest absolute Gasteiger partial charge is 0.378 e. The minimum Gasteiger partial charge on any atom is -0.378 e. The number of likely N-dealkylation sites (N-methyl/N-ethyl adjacent to an activating group) is 1. The van der Waals surface area contributed by atoms with Gasteiger partial charge in [0.2, 0.25) is 0 Å². The highest BCUT2D eigenvalue weighted by atomic mass is 16.5. The number of hydrogen-bond acceptors (Lipinski definition) is 3. The van der Waals surface area contributed by atoms with Crippen molar-refractivity contribution in [2.75, 3.05) is 46.9 Å². The normalized spacial score (nSPS) is 24.1. The lowest BCUT2D eigenvalue weighted by molar-refractivity contribution is 0.00101. The molecular weight excluding hydrogens is 324 g/mol. The maximum absolute atomic E-state index is 6.20. The molecule has 0 bridgehead atoms. The van der Waals surface area contributed by atoms with Crippen LogP contribution in [0.25, 0.3) is 0 Å². The van der Waals surface area contributed by atoms with Crippen LogP contribution < -0.4 is 5.32 Å². The lowest BCUT2D eigenvalue weighted by Crippen LogP contribution is -2.48. The average molecular weight is 365 g/mol. The lowest BCUT2D eigenvalue weighted by atomic mass is 10.1. The molecule has 1 heterocycles. The van der Waals surface area contributed by atoms with E-state index in [0.29, 0.717) is 6.10 Å². The van der Waals surface area contributed by atoms with E-state index >= 15 is 0 Å². The Morgan fingerprint density at radius 2 is 1.69 bits per heavy atom. The van der Waals surface area contributed by atoms with E-state index in [1.54, 1.807) is 0 Å². The Balaban J connectivity index is 1.31. The van der Waals surface area contributed by atoms with E-state index in [-0.39, 0.29) is 0 Å². The van der Waals surface area contributed by atoms with Crippen molar-refractivity contribution in [1.82, 2.24) is 15.1 Å². The Labute approximate surface area is 160 Å². The van der Waals surface area contributed by atoms with Crippen molar-refractivity contribution in [3.8, 4) is 0 Å². The summed E-state index contributed by atoms with van der Waals surface area (Å²) in [4.78, 5) is 9.44. The molecule has 0 atom stereocenters. The van der Waals surface area contributed by atoms with Gasteiger partial charge in [-0.3, -0.25) is 4.99 Å². The molecule has 0 amide bonds. The molecule has 1 saturated heterocycles. The number of likely N-dealkylation sites (tertiary alicyclic amines) is 1. The Bertz CT molecular complexity index is 422. The van der Waals surface area contributed by atoms with Gasteiger partial charge in [0.15, 0.2) is 5.96 Å². The van der Waals surface area contributed by atoms with Crippen molar-refractivity contribution < 1.29 is 4.74 Å². The van der Waals surface area contributed by atoms with Crippen molar-refractivity contribution in [1.29, 1.82) is 0 Å². The molecule has 5 heteroatoms. The molecule has 0 radical (unpaired) electrons. The monoisotopic (exact) mass is 364 g/mol. The average Bonchev–Trinajstić information content (AvgIpc) is 3.38. The van der Waals surface area contributed by atoms with Crippen LogP contribution in [0.15, 0.2) is 4.99 Å². The highest BCUT2D eigenvalue weighted by molar-refractivity contribution is 5.79. The first kappa shape index (κ1) is 19.9. The van der Waals surface area contributed by atoms with Crippen LogP contribution in [0.5, 0.6) is 0 Å². The van der Waals surface area contributed by atoms with Gasteiger partial charge in [-0.2, -0.15) is 0 Å². The number of hydrogen-bond donors (Lipinski definition) is 1. The molecular formula is C21H40N4O. The summed E-state index contributed by atoms with van der Waals surface area (Å²) in [6.07, 6.45) is 13.9. The van der Waals surface area contributed by atoms with Gasteiger partial charge in [-0.05, 0) is 51.5 Å². The van der Waals surface area contributed by atoms with Crippen LogP contribution in [-0.2, 0) is 4.74 Å². The minimum absolute atomic E-state index is 0.457. The Kier molecular flexibility index (Phi) is 8.06. The first-order valence-corrected chi connectivity index (χ1v) is 11.0. The van der Waals surface area contributed by atoms with Gasteiger partial charge in [-0.1, -0.05) is 25.7 Å². The van der Waals surface area contributed by atoms with Crippen LogP contribution in [0.1, 0.15) is 64.2 Å². The zero-order chi connectivity index (χ0) is 18.2. The van der Waals surface area contributed by atoms with Gasteiger partial charge in [0.1, 0.15) is 0 Å². The molecule has 5 nitrogen and oxygen atoms in total. The summed E-state index contributed by atoms with van der Waals surface area (Å²) in [5.41, 5.74) is 0. The third-order valence-corrected chi connectivity index (χ3v) is 6.69. The first-order valence-electron chi connectivity index (χ1n) is 11.0. The van der Waals surface area contributed by atoms with Gasteiger partial charge in [-0.15, -0.1) is 0 Å². The summed E-state index contributed by atoms with van der Waals surface area (Å²) in [5, 5.41) is 3.58. The van der Waals surface area contributed by atoms with Gasteiger partial charge in [-0.25, -0.2) is 0 Å². The third kappa shape index (κ3) is 5.85. The number of piperidine rings is 1. The molecule has 3 rings (SSSR count). The van der Waals surface area contributed by atoms with Crippen LogP contribution in [-0.4, -0.2) is 74.8 Å². The number of guanidine groups is 1. The summed E-state index contributed by atoms with van der Waals surface area (Å²) in [5.74, 6) is 1.90. The molecule has 3 aliphatic rings. The van der Waals surface area contributed by atoms with E-state index in [1.807, 2.05) is 7.05 Å². The SMILES string of the molecule is CN=C(NCCN(C)C1CCCC1)N1CCC(OCC2CCCC2)CC1. The van der Waals surface area contributed by atoms with Crippen LogP contribution in [0, 0.1) is 5.92 Å². The van der Waals surface area contributed by atoms with Crippen molar-refractivity contribution in [2.45, 2.75) is 76.4 Å². The molecule has 3 fully saturated rings. The summed E-state index contributed by atoms with van der Waals surface area (Å²) < 4.78 is 6.20. The summed E-state index contributed by atoms with van der Waals surface area (Å²) >= 11 is 0. The van der Waals surface area contributed by atoms with Gasteiger partial charge in [0.05, 0.1) is 6.10 Å². The fourth-order valence-corrected chi connectivity index (χ4v) is 4.89. The van der Waals surface area contributed by atoms with E-state index < -0.39 is 0 Å². The molecule has 26 heavy (non-hydrogen) atoms. The van der Waals surface area contributed by atoms with Crippen LogP contribution in [0.4, 0.5) is 0 Å². The highest BCUT2D eigenvalue weighted by Gasteiger charge is 2.24. The van der Waals surface area contributed by atoms with Crippen LogP contribution in [0.2, 0.25) is 0 Å². The predicted molar refractivity (Wildman–Crippen MR) is 109 cm³/mol. The van der Waals surface area contributed by atoms with E-state index in [2.05, 4.69) is 27.2 Å². The molecule has 150 valence electrons. The molecule has 2 aliphatic carbocycles. The van der Waals surface area contributed by atoms with E-state index in [0.717, 1.165) is 63.5 Å². The van der Waals surface area contributed by atoms with Crippen molar-refractivity contribution in [3.63, 3.8) is 0 Å². The predicted octanol–water partition coefficient (Wildman–Crippen LogP) is 3.11. The maximum Gasteiger partial charge on any atom is 0.193 e. The number of nitrogens with one attached hydrogen (secondary N) is 1. The number of nitrogens with zero attached hydrogens (tertiary/aromatic N) is 3. The number of ether oxygens (including phenoxy) is 1. The second-order valence-electron chi connectivity index (χ2n) is 8.56. The number of rotatable bonds is 7. The molecule has 0 aromatic rings. The Morgan fingerprint density at radius 1 is 1.04 bits per heavy atom. The molecule has 2 saturated carbocycles. The second kappa shape index (κ2) is 10.5. The lowest BCUT2D eigenvalue weighted by Gasteiger charge is -2.35. The molecule has 0 unspecified atom stereocenters. The van der Waals surface area contributed by atoms with Crippen molar-refractivity contribution >= 4 is 5.96 Å². The van der Waals surface area contributed by atoms with Gasteiger partial charge in [0, 0.05) is 45.9 Å². The Hall–Kier alpha value is -0.810. The van der Waals surface area contributed by atoms with Crippen LogP contribution >= 0.6 is 0 Å². The summed E-state index contributed by atoms with van der Waals surface area (Å²) in [6, 6.07) is 0.798. The fourth-order valence-electron chi connectivity index (χ4n) is 4.89. The molecule has 1 aliphatic heterocycles. The standard InChI is InChI=1S/C21H40N4O/c1-22-21(23-13-16-24(2)19-9-5-6-10-19)25-14-11-20(12-15-25)26-17-18-7-3-4-8-18/h18-20H,3-17H2,1-2H3,(H,22,23). The molecule has 0 aromatic heterocycles. The fraction of sp³-hybridized carbons (Fsp3) is 0.952. The van der Waals surface area contributed by atoms with Gasteiger partial charge < -0.3 is 19.9 Å². The zero-order valence-electron chi connectivity index (χ0n) is 17.1. The summed E-state index contributed by atoms with van der Waals surface area (Å²) in [6.45, 7) is 5.20. The van der Waals surface area contributed by atoms with E-state index in [4.69, 9.17) is 4.74 Å². The highest BCUT2D eigenvalue weighted by Crippen LogP contribution is 2.26. The zero-order valence-corrected chi connectivity index (χ0v) is 17.1. The number of aliphatic imine (C=N–C) groups is 1. The minimum atomic E-state index is 0.457. The maximum atomic E-state index is 6.20.